The maximum atomic E-state index is 10.4. The van der Waals surface area contributed by atoms with Crippen molar-refractivity contribution in [2.75, 3.05) is 13.1 Å². The molecular formula is C7H14N2O5. The normalized spacial score (nSPS) is 17.1. The maximum Gasteiger partial charge on any atom is 0.336 e. The van der Waals surface area contributed by atoms with E-state index in [4.69, 9.17) is 15.9 Å². The van der Waals surface area contributed by atoms with Crippen molar-refractivity contribution in [3.05, 3.63) is 0 Å². The van der Waals surface area contributed by atoms with Crippen LogP contribution in [0.3, 0.4) is 0 Å². The standard InChI is InChI=1S/C7H14N2O5/c1-7(14,6(12)13)3-9-2-4(10)5(8)11/h4,9-10,14H,2-3H2,1H3,(H2,8,11)(H,12,13). The summed E-state index contributed by atoms with van der Waals surface area (Å²) in [5.41, 5.74) is 2.80. The van der Waals surface area contributed by atoms with E-state index >= 15 is 0 Å². The number of nitrogens with two attached hydrogens (primary N) is 1. The second-order valence-electron chi connectivity index (χ2n) is 3.13. The highest BCUT2D eigenvalue weighted by atomic mass is 16.4. The molecule has 2 atom stereocenters. The van der Waals surface area contributed by atoms with Gasteiger partial charge in [0.25, 0.3) is 0 Å². The van der Waals surface area contributed by atoms with E-state index in [9.17, 15) is 14.7 Å². The van der Waals surface area contributed by atoms with Crippen LogP contribution in [0.4, 0.5) is 0 Å². The number of hydrogen-bond donors (Lipinski definition) is 5. The number of aliphatic carboxylic acids is 1. The molecule has 7 nitrogen and oxygen atoms in total. The van der Waals surface area contributed by atoms with Crippen LogP contribution < -0.4 is 11.1 Å². The van der Waals surface area contributed by atoms with Crippen LogP contribution in [-0.2, 0) is 9.59 Å². The molecule has 0 fully saturated rings. The summed E-state index contributed by atoms with van der Waals surface area (Å²) in [5, 5.41) is 29.0. The summed E-state index contributed by atoms with van der Waals surface area (Å²) >= 11 is 0. The third-order valence-corrected chi connectivity index (χ3v) is 1.60. The third-order valence-electron chi connectivity index (χ3n) is 1.60. The summed E-state index contributed by atoms with van der Waals surface area (Å²) in [7, 11) is 0. The van der Waals surface area contributed by atoms with Crippen molar-refractivity contribution in [3.63, 3.8) is 0 Å². The molecule has 2 unspecified atom stereocenters. The van der Waals surface area contributed by atoms with Gasteiger partial charge in [-0.3, -0.25) is 4.79 Å². The predicted octanol–water partition coefficient (Wildman–Crippen LogP) is -2.74. The first-order valence-corrected chi connectivity index (χ1v) is 3.91. The molecule has 0 spiro atoms. The number of carbonyl (C=O) groups excluding carboxylic acids is 1. The number of primary amides is 1. The predicted molar refractivity (Wildman–Crippen MR) is 46.3 cm³/mol. The van der Waals surface area contributed by atoms with Crippen molar-refractivity contribution in [2.24, 2.45) is 5.73 Å². The monoisotopic (exact) mass is 206 g/mol. The molecule has 1 amide bonds. The zero-order valence-corrected chi connectivity index (χ0v) is 7.73. The Bertz CT molecular complexity index is 228. The molecule has 6 N–H and O–H groups in total. The first-order chi connectivity index (χ1) is 6.27. The molecule has 0 rings (SSSR count). The van der Waals surface area contributed by atoms with E-state index in [0.717, 1.165) is 6.92 Å². The lowest BCUT2D eigenvalue weighted by Gasteiger charge is -2.18. The number of amides is 1. The molecule has 0 saturated carbocycles. The highest BCUT2D eigenvalue weighted by Crippen LogP contribution is 2.00. The Morgan fingerprint density at radius 2 is 2.07 bits per heavy atom. The molecule has 0 bridgehead atoms. The largest absolute Gasteiger partial charge is 0.479 e. The van der Waals surface area contributed by atoms with E-state index in [1.165, 1.54) is 0 Å². The zero-order valence-electron chi connectivity index (χ0n) is 7.73. The molecule has 0 aromatic carbocycles. The zero-order chi connectivity index (χ0) is 11.4. The number of carbonyl (C=O) groups is 2. The van der Waals surface area contributed by atoms with Gasteiger partial charge in [0.15, 0.2) is 5.60 Å². The number of carboxylic acids is 1. The van der Waals surface area contributed by atoms with E-state index < -0.39 is 23.6 Å². The highest BCUT2D eigenvalue weighted by molar-refractivity contribution is 5.79. The van der Waals surface area contributed by atoms with E-state index in [1.807, 2.05) is 0 Å². The Morgan fingerprint density at radius 3 is 2.43 bits per heavy atom. The van der Waals surface area contributed by atoms with Crippen molar-refractivity contribution in [1.82, 2.24) is 5.32 Å². The summed E-state index contributed by atoms with van der Waals surface area (Å²) < 4.78 is 0. The van der Waals surface area contributed by atoms with Gasteiger partial charge in [0.2, 0.25) is 5.91 Å². The van der Waals surface area contributed by atoms with Crippen LogP contribution in [0, 0.1) is 0 Å². The van der Waals surface area contributed by atoms with Crippen LogP contribution in [0.25, 0.3) is 0 Å². The highest BCUT2D eigenvalue weighted by Gasteiger charge is 2.29. The Labute approximate surface area is 80.5 Å². The smallest absolute Gasteiger partial charge is 0.336 e. The van der Waals surface area contributed by atoms with Crippen molar-refractivity contribution < 1.29 is 24.9 Å². The van der Waals surface area contributed by atoms with Gasteiger partial charge in [-0.25, -0.2) is 4.79 Å². The molecule has 14 heavy (non-hydrogen) atoms. The number of aliphatic hydroxyl groups is 2. The number of hydrogen-bond acceptors (Lipinski definition) is 5. The molecule has 0 aliphatic carbocycles. The van der Waals surface area contributed by atoms with E-state index in [0.29, 0.717) is 0 Å². The molecule has 82 valence electrons. The summed E-state index contributed by atoms with van der Waals surface area (Å²) in [6.07, 6.45) is -1.39. The Kier molecular flexibility index (Phi) is 4.48. The summed E-state index contributed by atoms with van der Waals surface area (Å²) in [4.78, 5) is 20.7. The van der Waals surface area contributed by atoms with Crippen LogP contribution in [0.1, 0.15) is 6.92 Å². The number of nitrogens with one attached hydrogen (secondary N) is 1. The van der Waals surface area contributed by atoms with E-state index in [1.54, 1.807) is 0 Å². The van der Waals surface area contributed by atoms with Gasteiger partial charge < -0.3 is 26.4 Å². The first kappa shape index (κ1) is 12.8. The fourth-order valence-corrected chi connectivity index (χ4v) is 0.628. The lowest BCUT2D eigenvalue weighted by molar-refractivity contribution is -0.156. The number of rotatable bonds is 6. The topological polar surface area (TPSA) is 133 Å². The van der Waals surface area contributed by atoms with Crippen LogP contribution in [0.5, 0.6) is 0 Å². The van der Waals surface area contributed by atoms with Gasteiger partial charge in [0, 0.05) is 13.1 Å². The van der Waals surface area contributed by atoms with Crippen molar-refractivity contribution in [3.8, 4) is 0 Å². The first-order valence-electron chi connectivity index (χ1n) is 3.91. The minimum Gasteiger partial charge on any atom is -0.479 e. The molecule has 0 saturated heterocycles. The van der Waals surface area contributed by atoms with Crippen LogP contribution in [0.2, 0.25) is 0 Å². The minimum atomic E-state index is -1.93. The molecule has 7 heteroatoms. The average molecular weight is 206 g/mol. The van der Waals surface area contributed by atoms with E-state index in [2.05, 4.69) is 5.32 Å². The Balaban J connectivity index is 3.85. The average Bonchev–Trinajstić information content (AvgIpc) is 2.03. The molecule has 0 heterocycles. The summed E-state index contributed by atoms with van der Waals surface area (Å²) in [6.45, 7) is 0.615. The molecule has 0 aliphatic heterocycles. The fraction of sp³-hybridized carbons (Fsp3) is 0.714. The van der Waals surface area contributed by atoms with Gasteiger partial charge in [-0.05, 0) is 6.92 Å². The molecule has 0 aliphatic rings. The van der Waals surface area contributed by atoms with Gasteiger partial charge in [-0.15, -0.1) is 0 Å². The quantitative estimate of drug-likeness (QED) is 0.320. The molecule has 0 aromatic rings. The number of aliphatic hydroxyl groups excluding tert-OH is 1. The van der Waals surface area contributed by atoms with Gasteiger partial charge in [0.05, 0.1) is 0 Å². The fourth-order valence-electron chi connectivity index (χ4n) is 0.628. The van der Waals surface area contributed by atoms with Gasteiger partial charge in [0.1, 0.15) is 6.10 Å². The van der Waals surface area contributed by atoms with Gasteiger partial charge in [-0.1, -0.05) is 0 Å². The van der Waals surface area contributed by atoms with Gasteiger partial charge >= 0.3 is 5.97 Å². The summed E-state index contributed by atoms with van der Waals surface area (Å²) in [5.74, 6) is -2.30. The Morgan fingerprint density at radius 1 is 1.57 bits per heavy atom. The molecule has 0 radical (unpaired) electrons. The lowest BCUT2D eigenvalue weighted by Crippen LogP contribution is -2.48. The van der Waals surface area contributed by atoms with Crippen molar-refractivity contribution in [2.45, 2.75) is 18.6 Å². The maximum absolute atomic E-state index is 10.4. The van der Waals surface area contributed by atoms with Crippen LogP contribution >= 0.6 is 0 Å². The van der Waals surface area contributed by atoms with E-state index in [-0.39, 0.29) is 13.1 Å². The van der Waals surface area contributed by atoms with Crippen LogP contribution in [-0.4, -0.2) is 52.0 Å². The second kappa shape index (κ2) is 4.89. The number of carboxylic acid groups (broad SMARTS) is 1. The van der Waals surface area contributed by atoms with Crippen molar-refractivity contribution >= 4 is 11.9 Å². The van der Waals surface area contributed by atoms with Crippen LogP contribution in [0.15, 0.2) is 0 Å². The van der Waals surface area contributed by atoms with Gasteiger partial charge in [-0.2, -0.15) is 0 Å². The minimum absolute atomic E-state index is 0.196. The third kappa shape index (κ3) is 4.17. The van der Waals surface area contributed by atoms with Crippen molar-refractivity contribution in [1.29, 1.82) is 0 Å². The molecule has 0 aromatic heterocycles. The lowest BCUT2D eigenvalue weighted by atomic mass is 10.1. The Hall–Kier alpha value is -1.18. The SMILES string of the molecule is CC(O)(CNCC(O)C(N)=O)C(=O)O. The summed E-state index contributed by atoms with van der Waals surface area (Å²) in [6, 6.07) is 0. The second-order valence-corrected chi connectivity index (χ2v) is 3.13. The molecular weight excluding hydrogens is 192 g/mol.